The van der Waals surface area contributed by atoms with Gasteiger partial charge in [0, 0.05) is 0 Å². The summed E-state index contributed by atoms with van der Waals surface area (Å²) in [5.41, 5.74) is -0.324. The Hall–Kier alpha value is -1.05. The first-order valence-corrected chi connectivity index (χ1v) is 4.28. The second kappa shape index (κ2) is 4.26. The molecule has 4 nitrogen and oxygen atoms in total. The number of aliphatic hydroxyl groups is 1. The molecule has 0 spiro atoms. The molecule has 0 atom stereocenters. The van der Waals surface area contributed by atoms with E-state index < -0.39 is 0 Å². The third-order valence-corrected chi connectivity index (χ3v) is 2.07. The van der Waals surface area contributed by atoms with Crippen LogP contribution < -0.4 is 10.6 Å². The molecule has 0 saturated heterocycles. The zero-order chi connectivity index (χ0) is 9.73. The number of nitrogens with one attached hydrogen (secondary N) is 2. The van der Waals surface area contributed by atoms with Crippen molar-refractivity contribution in [1.29, 1.82) is 0 Å². The topological polar surface area (TPSA) is 61.4 Å². The van der Waals surface area contributed by atoms with Gasteiger partial charge in [-0.05, 0) is 12.8 Å². The number of hydrogen-bond donors (Lipinski definition) is 3. The first-order valence-electron chi connectivity index (χ1n) is 4.28. The molecule has 0 aromatic heterocycles. The summed E-state index contributed by atoms with van der Waals surface area (Å²) in [6, 6.07) is 0. The molecular formula is C9H14N2O2. The lowest BCUT2D eigenvalue weighted by molar-refractivity contribution is -0.121. The van der Waals surface area contributed by atoms with Crippen LogP contribution in [-0.2, 0) is 4.79 Å². The maximum atomic E-state index is 11.2. The van der Waals surface area contributed by atoms with Crippen molar-refractivity contribution in [2.45, 2.75) is 18.4 Å². The van der Waals surface area contributed by atoms with Gasteiger partial charge in [0.15, 0.2) is 0 Å². The molecule has 1 amide bonds. The van der Waals surface area contributed by atoms with Gasteiger partial charge in [0.25, 0.3) is 0 Å². The summed E-state index contributed by atoms with van der Waals surface area (Å²) < 4.78 is 0. The molecule has 0 aliphatic heterocycles. The summed E-state index contributed by atoms with van der Waals surface area (Å²) in [4.78, 5) is 11.2. The highest BCUT2D eigenvalue weighted by molar-refractivity contribution is 5.79. The summed E-state index contributed by atoms with van der Waals surface area (Å²) >= 11 is 0. The molecule has 0 heterocycles. The fraction of sp³-hybridized carbons (Fsp3) is 0.667. The van der Waals surface area contributed by atoms with Crippen LogP contribution >= 0.6 is 0 Å². The number of terminal acetylenes is 1. The number of carbonyl (C=O) groups is 1. The molecule has 0 bridgehead atoms. The van der Waals surface area contributed by atoms with Crippen molar-refractivity contribution in [3.63, 3.8) is 0 Å². The molecule has 0 unspecified atom stereocenters. The smallest absolute Gasteiger partial charge is 0.234 e. The average Bonchev–Trinajstić information content (AvgIpc) is 2.86. The number of amides is 1. The first-order chi connectivity index (χ1) is 6.22. The van der Waals surface area contributed by atoms with Crippen LogP contribution in [0.15, 0.2) is 0 Å². The molecule has 1 aliphatic carbocycles. The Bertz CT molecular complexity index is 228. The third-order valence-electron chi connectivity index (χ3n) is 2.07. The van der Waals surface area contributed by atoms with Gasteiger partial charge in [-0.2, -0.15) is 0 Å². The fourth-order valence-corrected chi connectivity index (χ4v) is 1.06. The van der Waals surface area contributed by atoms with Gasteiger partial charge < -0.3 is 10.4 Å². The molecule has 3 N–H and O–H groups in total. The van der Waals surface area contributed by atoms with Gasteiger partial charge in [0.05, 0.1) is 25.2 Å². The predicted molar refractivity (Wildman–Crippen MR) is 48.9 cm³/mol. The van der Waals surface area contributed by atoms with Crippen LogP contribution in [0.5, 0.6) is 0 Å². The highest BCUT2D eigenvalue weighted by Gasteiger charge is 2.43. The van der Waals surface area contributed by atoms with Gasteiger partial charge in [0.1, 0.15) is 0 Å². The second-order valence-electron chi connectivity index (χ2n) is 3.29. The van der Waals surface area contributed by atoms with Gasteiger partial charge >= 0.3 is 0 Å². The standard InChI is InChI=1S/C9H14N2O2/c1-2-5-10-6-8(13)11-9(7-12)3-4-9/h1,10,12H,3-7H2,(H,11,13). The van der Waals surface area contributed by atoms with Crippen LogP contribution in [0, 0.1) is 12.3 Å². The van der Waals surface area contributed by atoms with Crippen molar-refractivity contribution < 1.29 is 9.90 Å². The van der Waals surface area contributed by atoms with E-state index in [1.807, 2.05) is 0 Å². The Labute approximate surface area is 77.7 Å². The monoisotopic (exact) mass is 182 g/mol. The summed E-state index contributed by atoms with van der Waals surface area (Å²) in [7, 11) is 0. The van der Waals surface area contributed by atoms with Gasteiger partial charge in [-0.3, -0.25) is 10.1 Å². The van der Waals surface area contributed by atoms with Crippen LogP contribution in [0.2, 0.25) is 0 Å². The van der Waals surface area contributed by atoms with E-state index in [1.54, 1.807) is 0 Å². The molecule has 0 aromatic carbocycles. The summed E-state index contributed by atoms with van der Waals surface area (Å²) in [5, 5.41) is 14.4. The molecule has 1 rings (SSSR count). The average molecular weight is 182 g/mol. The second-order valence-corrected chi connectivity index (χ2v) is 3.29. The molecule has 1 fully saturated rings. The van der Waals surface area contributed by atoms with Gasteiger partial charge in [-0.1, -0.05) is 5.92 Å². The normalized spacial score (nSPS) is 17.5. The van der Waals surface area contributed by atoms with Crippen molar-refractivity contribution in [3.05, 3.63) is 0 Å². The van der Waals surface area contributed by atoms with E-state index in [9.17, 15) is 4.79 Å². The van der Waals surface area contributed by atoms with E-state index >= 15 is 0 Å². The fourth-order valence-electron chi connectivity index (χ4n) is 1.06. The highest BCUT2D eigenvalue weighted by Crippen LogP contribution is 2.34. The number of hydrogen-bond acceptors (Lipinski definition) is 3. The zero-order valence-electron chi connectivity index (χ0n) is 7.47. The van der Waals surface area contributed by atoms with Crippen LogP contribution in [-0.4, -0.2) is 36.2 Å². The molecule has 13 heavy (non-hydrogen) atoms. The largest absolute Gasteiger partial charge is 0.394 e. The molecule has 1 aliphatic rings. The number of carbonyl (C=O) groups excluding carboxylic acids is 1. The maximum absolute atomic E-state index is 11.2. The maximum Gasteiger partial charge on any atom is 0.234 e. The molecule has 1 saturated carbocycles. The Morgan fingerprint density at radius 2 is 2.31 bits per heavy atom. The minimum absolute atomic E-state index is 0.0217. The SMILES string of the molecule is C#CCNCC(=O)NC1(CO)CC1. The minimum Gasteiger partial charge on any atom is -0.394 e. The van der Waals surface area contributed by atoms with E-state index in [2.05, 4.69) is 16.6 Å². The van der Waals surface area contributed by atoms with Crippen molar-refractivity contribution in [3.8, 4) is 12.3 Å². The summed E-state index contributed by atoms with van der Waals surface area (Å²) in [5.74, 6) is 2.27. The van der Waals surface area contributed by atoms with Gasteiger partial charge in [-0.15, -0.1) is 6.42 Å². The molecule has 4 heteroatoms. The Balaban J connectivity index is 2.15. The van der Waals surface area contributed by atoms with Crippen LogP contribution in [0.1, 0.15) is 12.8 Å². The summed E-state index contributed by atoms with van der Waals surface area (Å²) in [6.07, 6.45) is 6.73. The van der Waals surface area contributed by atoms with Crippen molar-refractivity contribution in [2.24, 2.45) is 0 Å². The molecule has 0 aromatic rings. The van der Waals surface area contributed by atoms with Crippen molar-refractivity contribution >= 4 is 5.91 Å². The van der Waals surface area contributed by atoms with Gasteiger partial charge in [0.2, 0.25) is 5.91 Å². The predicted octanol–water partition coefficient (Wildman–Crippen LogP) is -1.15. The molecular weight excluding hydrogens is 168 g/mol. The summed E-state index contributed by atoms with van der Waals surface area (Å²) in [6.45, 7) is 0.624. The quantitative estimate of drug-likeness (QED) is 0.372. The Kier molecular flexibility index (Phi) is 3.29. The van der Waals surface area contributed by atoms with Crippen LogP contribution in [0.4, 0.5) is 0 Å². The van der Waals surface area contributed by atoms with Crippen molar-refractivity contribution in [1.82, 2.24) is 10.6 Å². The number of rotatable bonds is 5. The van der Waals surface area contributed by atoms with Gasteiger partial charge in [-0.25, -0.2) is 0 Å². The van der Waals surface area contributed by atoms with E-state index in [0.29, 0.717) is 6.54 Å². The lowest BCUT2D eigenvalue weighted by atomic mass is 10.3. The van der Waals surface area contributed by atoms with E-state index in [0.717, 1.165) is 12.8 Å². The lowest BCUT2D eigenvalue weighted by Gasteiger charge is -2.13. The first kappa shape index (κ1) is 10.0. The van der Waals surface area contributed by atoms with E-state index in [-0.39, 0.29) is 24.6 Å². The zero-order valence-corrected chi connectivity index (χ0v) is 7.47. The van der Waals surface area contributed by atoms with Crippen molar-refractivity contribution in [2.75, 3.05) is 19.7 Å². The highest BCUT2D eigenvalue weighted by atomic mass is 16.3. The van der Waals surface area contributed by atoms with E-state index in [1.165, 1.54) is 0 Å². The van der Waals surface area contributed by atoms with E-state index in [4.69, 9.17) is 11.5 Å². The Morgan fingerprint density at radius 1 is 1.62 bits per heavy atom. The molecule has 0 radical (unpaired) electrons. The van der Waals surface area contributed by atoms with Crippen LogP contribution in [0.25, 0.3) is 0 Å². The van der Waals surface area contributed by atoms with Crippen LogP contribution in [0.3, 0.4) is 0 Å². The Morgan fingerprint density at radius 3 is 2.77 bits per heavy atom. The molecule has 72 valence electrons. The lowest BCUT2D eigenvalue weighted by Crippen LogP contribution is -2.44. The minimum atomic E-state index is -0.324. The third kappa shape index (κ3) is 3.05. The number of aliphatic hydroxyl groups excluding tert-OH is 1.